The summed E-state index contributed by atoms with van der Waals surface area (Å²) >= 11 is 0. The van der Waals surface area contributed by atoms with Gasteiger partial charge < -0.3 is 4.57 Å². The monoisotopic (exact) mass is 283 g/mol. The first-order valence-electron chi connectivity index (χ1n) is 8.56. The second kappa shape index (κ2) is 8.71. The van der Waals surface area contributed by atoms with E-state index < -0.39 is 0 Å². The average Bonchev–Trinajstić information content (AvgIpc) is 2.89. The van der Waals surface area contributed by atoms with Gasteiger partial charge in [0.2, 0.25) is 0 Å². The summed E-state index contributed by atoms with van der Waals surface area (Å²) in [6.07, 6.45) is 8.91. The normalized spacial score (nSPS) is 11.0. The summed E-state index contributed by atoms with van der Waals surface area (Å²) in [7, 11) is 0. The largest absolute Gasteiger partial charge is 0.344 e. The molecule has 0 atom stereocenters. The van der Waals surface area contributed by atoms with Gasteiger partial charge in [0.1, 0.15) is 0 Å². The molecule has 0 fully saturated rings. The summed E-state index contributed by atoms with van der Waals surface area (Å²) in [5.74, 6) is 0. The Balaban J connectivity index is 2.14. The Labute approximate surface area is 130 Å². The topological polar surface area (TPSA) is 4.93 Å². The van der Waals surface area contributed by atoms with Crippen molar-refractivity contribution in [1.82, 2.24) is 4.57 Å². The SMILES string of the molecule is CCCCCc1ccc(CCCC)n1Cc1ccccc1. The first-order chi connectivity index (χ1) is 10.3. The van der Waals surface area contributed by atoms with Crippen molar-refractivity contribution in [2.24, 2.45) is 0 Å². The van der Waals surface area contributed by atoms with Crippen molar-refractivity contribution in [2.75, 3.05) is 0 Å². The van der Waals surface area contributed by atoms with E-state index in [9.17, 15) is 0 Å². The zero-order chi connectivity index (χ0) is 14.9. The van der Waals surface area contributed by atoms with Crippen LogP contribution in [0, 0.1) is 0 Å². The van der Waals surface area contributed by atoms with Gasteiger partial charge in [-0.3, -0.25) is 0 Å². The lowest BCUT2D eigenvalue weighted by atomic mass is 10.1. The molecule has 0 aliphatic carbocycles. The molecule has 0 aliphatic heterocycles. The maximum absolute atomic E-state index is 2.56. The van der Waals surface area contributed by atoms with Crippen LogP contribution in [-0.4, -0.2) is 4.57 Å². The highest BCUT2D eigenvalue weighted by atomic mass is 15.0. The maximum atomic E-state index is 2.56. The molecular weight excluding hydrogens is 254 g/mol. The van der Waals surface area contributed by atoms with Crippen LogP contribution in [0.5, 0.6) is 0 Å². The van der Waals surface area contributed by atoms with Crippen LogP contribution in [-0.2, 0) is 19.4 Å². The molecule has 0 bridgehead atoms. The van der Waals surface area contributed by atoms with Crippen LogP contribution < -0.4 is 0 Å². The minimum absolute atomic E-state index is 1.02. The van der Waals surface area contributed by atoms with Gasteiger partial charge in [0.15, 0.2) is 0 Å². The van der Waals surface area contributed by atoms with Gasteiger partial charge in [-0.25, -0.2) is 0 Å². The Morgan fingerprint density at radius 1 is 0.714 bits per heavy atom. The maximum Gasteiger partial charge on any atom is 0.0475 e. The third-order valence-corrected chi connectivity index (χ3v) is 4.17. The van der Waals surface area contributed by atoms with Gasteiger partial charge >= 0.3 is 0 Å². The smallest absolute Gasteiger partial charge is 0.0475 e. The molecular formula is C20H29N. The molecule has 2 rings (SSSR count). The summed E-state index contributed by atoms with van der Waals surface area (Å²) in [5.41, 5.74) is 4.42. The van der Waals surface area contributed by atoms with Crippen LogP contribution in [0.3, 0.4) is 0 Å². The van der Waals surface area contributed by atoms with Gasteiger partial charge in [-0.1, -0.05) is 63.4 Å². The fraction of sp³-hybridized carbons (Fsp3) is 0.500. The number of unbranched alkanes of at least 4 members (excludes halogenated alkanes) is 3. The molecule has 0 spiro atoms. The van der Waals surface area contributed by atoms with E-state index in [1.54, 1.807) is 0 Å². The predicted octanol–water partition coefficient (Wildman–Crippen LogP) is 5.61. The van der Waals surface area contributed by atoms with E-state index in [0.717, 1.165) is 6.54 Å². The van der Waals surface area contributed by atoms with Crippen LogP contribution in [0.1, 0.15) is 62.9 Å². The molecule has 1 heteroatoms. The minimum atomic E-state index is 1.02. The number of hydrogen-bond acceptors (Lipinski definition) is 0. The first-order valence-corrected chi connectivity index (χ1v) is 8.56. The minimum Gasteiger partial charge on any atom is -0.344 e. The predicted molar refractivity (Wildman–Crippen MR) is 91.8 cm³/mol. The lowest BCUT2D eigenvalue weighted by Gasteiger charge is -2.14. The van der Waals surface area contributed by atoms with Crippen LogP contribution in [0.4, 0.5) is 0 Å². The van der Waals surface area contributed by atoms with E-state index >= 15 is 0 Å². The van der Waals surface area contributed by atoms with Crippen molar-refractivity contribution in [3.8, 4) is 0 Å². The fourth-order valence-corrected chi connectivity index (χ4v) is 2.88. The van der Waals surface area contributed by atoms with E-state index in [1.165, 1.54) is 61.9 Å². The van der Waals surface area contributed by atoms with Crippen LogP contribution >= 0.6 is 0 Å². The molecule has 0 radical (unpaired) electrons. The van der Waals surface area contributed by atoms with Gasteiger partial charge in [-0.2, -0.15) is 0 Å². The highest BCUT2D eigenvalue weighted by Crippen LogP contribution is 2.17. The number of benzene rings is 1. The summed E-state index contributed by atoms with van der Waals surface area (Å²) < 4.78 is 2.56. The van der Waals surface area contributed by atoms with Crippen molar-refractivity contribution in [3.63, 3.8) is 0 Å². The van der Waals surface area contributed by atoms with Crippen molar-refractivity contribution in [3.05, 3.63) is 59.4 Å². The molecule has 1 nitrogen and oxygen atoms in total. The van der Waals surface area contributed by atoms with Gasteiger partial charge in [-0.15, -0.1) is 0 Å². The number of aryl methyl sites for hydroxylation is 2. The molecule has 1 heterocycles. The highest BCUT2D eigenvalue weighted by molar-refractivity contribution is 5.22. The van der Waals surface area contributed by atoms with Crippen molar-refractivity contribution < 1.29 is 0 Å². The number of aromatic nitrogens is 1. The Morgan fingerprint density at radius 2 is 1.33 bits per heavy atom. The quantitative estimate of drug-likeness (QED) is 0.527. The molecule has 1 aromatic carbocycles. The second-order valence-corrected chi connectivity index (χ2v) is 5.95. The molecule has 21 heavy (non-hydrogen) atoms. The standard InChI is InChI=1S/C20H29N/c1-3-5-8-14-20-16-15-19(13-6-4-2)21(20)17-18-11-9-7-10-12-18/h7,9-12,15-16H,3-6,8,13-14,17H2,1-2H3. The molecule has 0 saturated heterocycles. The lowest BCUT2D eigenvalue weighted by molar-refractivity contribution is 0.637. The van der Waals surface area contributed by atoms with Crippen LogP contribution in [0.2, 0.25) is 0 Å². The van der Waals surface area contributed by atoms with Crippen molar-refractivity contribution in [1.29, 1.82) is 0 Å². The number of hydrogen-bond donors (Lipinski definition) is 0. The zero-order valence-electron chi connectivity index (χ0n) is 13.6. The summed E-state index contributed by atoms with van der Waals surface area (Å²) in [6.45, 7) is 5.57. The second-order valence-electron chi connectivity index (χ2n) is 5.95. The highest BCUT2D eigenvalue weighted by Gasteiger charge is 2.08. The van der Waals surface area contributed by atoms with Crippen molar-refractivity contribution in [2.45, 2.75) is 65.3 Å². The Hall–Kier alpha value is -1.50. The van der Waals surface area contributed by atoms with E-state index in [0.29, 0.717) is 0 Å². The third kappa shape index (κ3) is 4.77. The van der Waals surface area contributed by atoms with Crippen molar-refractivity contribution >= 4 is 0 Å². The van der Waals surface area contributed by atoms with Gasteiger partial charge in [0, 0.05) is 17.9 Å². The number of rotatable bonds is 9. The summed E-state index contributed by atoms with van der Waals surface area (Å²) in [4.78, 5) is 0. The average molecular weight is 283 g/mol. The van der Waals surface area contributed by atoms with E-state index in [4.69, 9.17) is 0 Å². The Bertz CT molecular complexity index is 510. The van der Waals surface area contributed by atoms with Crippen LogP contribution in [0.25, 0.3) is 0 Å². The summed E-state index contributed by atoms with van der Waals surface area (Å²) in [5, 5.41) is 0. The van der Waals surface area contributed by atoms with Gasteiger partial charge in [-0.05, 0) is 43.4 Å². The third-order valence-electron chi connectivity index (χ3n) is 4.17. The molecule has 1 aromatic heterocycles. The Morgan fingerprint density at radius 3 is 1.95 bits per heavy atom. The fourth-order valence-electron chi connectivity index (χ4n) is 2.88. The molecule has 114 valence electrons. The Kier molecular flexibility index (Phi) is 6.59. The molecule has 2 aromatic rings. The molecule has 0 saturated carbocycles. The lowest BCUT2D eigenvalue weighted by Crippen LogP contribution is -2.08. The molecule has 0 N–H and O–H groups in total. The zero-order valence-corrected chi connectivity index (χ0v) is 13.6. The molecule has 0 amide bonds. The first kappa shape index (κ1) is 15.9. The van der Waals surface area contributed by atoms with Crippen LogP contribution in [0.15, 0.2) is 42.5 Å². The molecule has 0 unspecified atom stereocenters. The van der Waals surface area contributed by atoms with E-state index in [2.05, 4.69) is 60.9 Å². The van der Waals surface area contributed by atoms with E-state index in [-0.39, 0.29) is 0 Å². The van der Waals surface area contributed by atoms with E-state index in [1.807, 2.05) is 0 Å². The van der Waals surface area contributed by atoms with Gasteiger partial charge in [0.05, 0.1) is 0 Å². The number of nitrogens with zero attached hydrogens (tertiary/aromatic N) is 1. The molecule has 0 aliphatic rings. The summed E-state index contributed by atoms with van der Waals surface area (Å²) in [6, 6.07) is 15.5. The van der Waals surface area contributed by atoms with Gasteiger partial charge in [0.25, 0.3) is 0 Å².